The van der Waals surface area contributed by atoms with Crippen molar-refractivity contribution in [1.82, 2.24) is 18.8 Å². The zero-order valence-electron chi connectivity index (χ0n) is 19.3. The summed E-state index contributed by atoms with van der Waals surface area (Å²) in [5.41, 5.74) is 2.10. The van der Waals surface area contributed by atoms with Crippen LogP contribution in [0.2, 0.25) is 0 Å². The number of benzene rings is 1. The number of carbonyl (C=O) groups excluding carboxylic acids is 1. The van der Waals surface area contributed by atoms with E-state index < -0.39 is 10.0 Å². The van der Waals surface area contributed by atoms with Crippen LogP contribution in [0.5, 0.6) is 0 Å². The van der Waals surface area contributed by atoms with Gasteiger partial charge in [0.15, 0.2) is 0 Å². The molecule has 3 aromatic rings. The maximum atomic E-state index is 13.0. The number of carbonyl (C=O) groups is 1. The van der Waals surface area contributed by atoms with Gasteiger partial charge in [0, 0.05) is 47.1 Å². The van der Waals surface area contributed by atoms with E-state index >= 15 is 0 Å². The van der Waals surface area contributed by atoms with Gasteiger partial charge in [-0.3, -0.25) is 4.79 Å². The van der Waals surface area contributed by atoms with Gasteiger partial charge in [-0.15, -0.1) is 0 Å². The molecule has 0 radical (unpaired) electrons. The minimum absolute atomic E-state index is 0.130. The van der Waals surface area contributed by atoms with Gasteiger partial charge in [0.1, 0.15) is 11.6 Å². The number of pyridine rings is 1. The Morgan fingerprint density at radius 1 is 1.12 bits per heavy atom. The maximum absolute atomic E-state index is 13.0. The summed E-state index contributed by atoms with van der Waals surface area (Å²) in [5, 5.41) is 2.86. The lowest BCUT2D eigenvalue weighted by atomic mass is 10.2. The van der Waals surface area contributed by atoms with Crippen LogP contribution in [-0.2, 0) is 28.3 Å². The fourth-order valence-electron chi connectivity index (χ4n) is 4.04. The van der Waals surface area contributed by atoms with Crippen LogP contribution in [0.15, 0.2) is 41.4 Å². The highest BCUT2D eigenvalue weighted by Gasteiger charge is 2.26. The number of amides is 1. The average molecular weight is 471 g/mol. The number of piperidine rings is 1. The molecule has 1 aromatic carbocycles. The second-order valence-corrected chi connectivity index (χ2v) is 10.5. The third kappa shape index (κ3) is 5.01. The average Bonchev–Trinajstić information content (AvgIpc) is 3.13. The van der Waals surface area contributed by atoms with Crippen LogP contribution in [-0.4, -0.2) is 60.4 Å². The standard InChI is InChI=1S/C23H30N6O3S/c1-27(2)21-10-7-17(16-24-21)25-23(30)12-11-22-26-19-15-18(8-9-20(19)28(22)3)33(31,32)29-13-5-4-6-14-29/h7-10,15-16H,4-6,11-14H2,1-3H3,(H,25,30). The predicted octanol–water partition coefficient (Wildman–Crippen LogP) is 2.78. The van der Waals surface area contributed by atoms with Crippen molar-refractivity contribution in [2.75, 3.05) is 37.4 Å². The highest BCUT2D eigenvalue weighted by Crippen LogP contribution is 2.25. The SMILES string of the molecule is CN(C)c1ccc(NC(=O)CCc2nc3cc(S(=O)(=O)N4CCCCC4)ccc3n2C)cn1. The number of nitrogens with zero attached hydrogens (tertiary/aromatic N) is 5. The van der Waals surface area contributed by atoms with Crippen LogP contribution in [0, 0.1) is 0 Å². The molecule has 1 aliphatic rings. The first kappa shape index (κ1) is 23.2. The number of rotatable bonds is 7. The number of nitrogens with one attached hydrogen (secondary N) is 1. The minimum atomic E-state index is -3.51. The molecule has 176 valence electrons. The van der Waals surface area contributed by atoms with Gasteiger partial charge in [-0.1, -0.05) is 6.42 Å². The van der Waals surface area contributed by atoms with Crippen molar-refractivity contribution < 1.29 is 13.2 Å². The Bertz CT molecular complexity index is 1250. The summed E-state index contributed by atoms with van der Waals surface area (Å²) in [6.07, 6.45) is 5.19. The fourth-order valence-corrected chi connectivity index (χ4v) is 5.58. The summed E-state index contributed by atoms with van der Waals surface area (Å²) in [6.45, 7) is 1.13. The lowest BCUT2D eigenvalue weighted by Crippen LogP contribution is -2.35. The molecule has 1 saturated heterocycles. The van der Waals surface area contributed by atoms with Crippen molar-refractivity contribution in [1.29, 1.82) is 0 Å². The maximum Gasteiger partial charge on any atom is 0.243 e. The zero-order valence-corrected chi connectivity index (χ0v) is 20.1. The summed E-state index contributed by atoms with van der Waals surface area (Å²) in [5.74, 6) is 1.41. The zero-order chi connectivity index (χ0) is 23.6. The summed E-state index contributed by atoms with van der Waals surface area (Å²) < 4.78 is 29.5. The van der Waals surface area contributed by atoms with E-state index in [2.05, 4.69) is 15.3 Å². The van der Waals surface area contributed by atoms with Crippen molar-refractivity contribution in [3.8, 4) is 0 Å². The Morgan fingerprint density at radius 2 is 1.88 bits per heavy atom. The van der Waals surface area contributed by atoms with Crippen LogP contribution in [0.1, 0.15) is 31.5 Å². The molecule has 0 aliphatic carbocycles. The van der Waals surface area contributed by atoms with E-state index in [9.17, 15) is 13.2 Å². The van der Waals surface area contributed by atoms with E-state index in [-0.39, 0.29) is 17.2 Å². The molecule has 1 aliphatic heterocycles. The highest BCUT2D eigenvalue weighted by molar-refractivity contribution is 7.89. The van der Waals surface area contributed by atoms with Crippen molar-refractivity contribution in [2.45, 2.75) is 37.0 Å². The van der Waals surface area contributed by atoms with E-state index in [1.54, 1.807) is 28.7 Å². The summed E-state index contributed by atoms with van der Waals surface area (Å²) in [7, 11) is 2.18. The Labute approximate surface area is 194 Å². The van der Waals surface area contributed by atoms with E-state index in [0.717, 1.165) is 36.4 Å². The van der Waals surface area contributed by atoms with Gasteiger partial charge in [-0.05, 0) is 43.2 Å². The lowest BCUT2D eigenvalue weighted by Gasteiger charge is -2.25. The van der Waals surface area contributed by atoms with Crippen LogP contribution in [0.3, 0.4) is 0 Å². The number of aryl methyl sites for hydroxylation is 2. The normalized spacial score (nSPS) is 15.0. The fraction of sp³-hybridized carbons (Fsp3) is 0.435. The van der Waals surface area contributed by atoms with Gasteiger partial charge in [-0.2, -0.15) is 4.31 Å². The van der Waals surface area contributed by atoms with Crippen molar-refractivity contribution in [3.63, 3.8) is 0 Å². The van der Waals surface area contributed by atoms with Crippen molar-refractivity contribution in [3.05, 3.63) is 42.4 Å². The number of aromatic nitrogens is 3. The molecule has 0 saturated carbocycles. The molecule has 9 nitrogen and oxygen atoms in total. The Hall–Kier alpha value is -2.98. The van der Waals surface area contributed by atoms with E-state index in [0.29, 0.717) is 30.7 Å². The quantitative estimate of drug-likeness (QED) is 0.570. The number of anilines is 2. The Kier molecular flexibility index (Phi) is 6.66. The van der Waals surface area contributed by atoms with E-state index in [1.807, 2.05) is 42.7 Å². The summed E-state index contributed by atoms with van der Waals surface area (Å²) in [4.78, 5) is 23.5. The molecule has 2 aromatic heterocycles. The van der Waals surface area contributed by atoms with Crippen molar-refractivity contribution in [2.24, 2.45) is 7.05 Å². The topological polar surface area (TPSA) is 100 Å². The first-order valence-electron chi connectivity index (χ1n) is 11.1. The van der Waals surface area contributed by atoms with Crippen LogP contribution < -0.4 is 10.2 Å². The van der Waals surface area contributed by atoms with Crippen molar-refractivity contribution >= 4 is 38.5 Å². The minimum Gasteiger partial charge on any atom is -0.363 e. The van der Waals surface area contributed by atoms with Gasteiger partial charge in [0.25, 0.3) is 0 Å². The van der Waals surface area contributed by atoms with Gasteiger partial charge >= 0.3 is 0 Å². The van der Waals surface area contributed by atoms with Gasteiger partial charge in [0.05, 0.1) is 27.8 Å². The van der Waals surface area contributed by atoms with Crippen LogP contribution >= 0.6 is 0 Å². The molecule has 1 amide bonds. The molecule has 4 rings (SSSR count). The third-order valence-corrected chi connectivity index (χ3v) is 7.86. The van der Waals surface area contributed by atoms with E-state index in [4.69, 9.17) is 0 Å². The number of hydrogen-bond donors (Lipinski definition) is 1. The smallest absolute Gasteiger partial charge is 0.243 e. The van der Waals surface area contributed by atoms with Gasteiger partial charge in [-0.25, -0.2) is 18.4 Å². The second-order valence-electron chi connectivity index (χ2n) is 8.55. The molecule has 1 fully saturated rings. The lowest BCUT2D eigenvalue weighted by molar-refractivity contribution is -0.116. The van der Waals surface area contributed by atoms with Crippen LogP contribution in [0.25, 0.3) is 11.0 Å². The molecule has 10 heteroatoms. The first-order valence-corrected chi connectivity index (χ1v) is 12.6. The molecule has 3 heterocycles. The summed E-state index contributed by atoms with van der Waals surface area (Å²) >= 11 is 0. The highest BCUT2D eigenvalue weighted by atomic mass is 32.2. The number of hydrogen-bond acceptors (Lipinski definition) is 6. The van der Waals surface area contributed by atoms with E-state index in [1.165, 1.54) is 0 Å². The Morgan fingerprint density at radius 3 is 2.55 bits per heavy atom. The molecule has 0 bridgehead atoms. The third-order valence-electron chi connectivity index (χ3n) is 5.96. The first-order chi connectivity index (χ1) is 15.8. The molecule has 0 unspecified atom stereocenters. The monoisotopic (exact) mass is 470 g/mol. The number of sulfonamides is 1. The molecule has 0 spiro atoms. The molecular weight excluding hydrogens is 440 g/mol. The largest absolute Gasteiger partial charge is 0.363 e. The van der Waals surface area contributed by atoms with Gasteiger partial charge < -0.3 is 14.8 Å². The van der Waals surface area contributed by atoms with Gasteiger partial charge in [0.2, 0.25) is 15.9 Å². The second kappa shape index (κ2) is 9.48. The molecular formula is C23H30N6O3S. The molecule has 0 atom stereocenters. The molecule has 1 N–H and O–H groups in total. The Balaban J connectivity index is 1.45. The molecule has 33 heavy (non-hydrogen) atoms. The van der Waals surface area contributed by atoms with Crippen LogP contribution in [0.4, 0.5) is 11.5 Å². The predicted molar refractivity (Wildman–Crippen MR) is 129 cm³/mol. The number of imidazole rings is 1. The summed E-state index contributed by atoms with van der Waals surface area (Å²) in [6, 6.07) is 8.74. The number of fused-ring (bicyclic) bond motifs is 1.